The summed E-state index contributed by atoms with van der Waals surface area (Å²) in [5.41, 5.74) is 0.496. The Kier molecular flexibility index (Phi) is 2.85. The molecule has 0 bridgehead atoms. The lowest BCUT2D eigenvalue weighted by molar-refractivity contribution is 0.0278. The minimum absolute atomic E-state index is 0.496. The summed E-state index contributed by atoms with van der Waals surface area (Å²) in [4.78, 5) is 0. The van der Waals surface area contributed by atoms with Gasteiger partial charge in [-0.3, -0.25) is 0 Å². The van der Waals surface area contributed by atoms with Gasteiger partial charge in [0.25, 0.3) is 0 Å². The van der Waals surface area contributed by atoms with Gasteiger partial charge in [0.05, 0.1) is 0 Å². The van der Waals surface area contributed by atoms with Crippen LogP contribution in [0.3, 0.4) is 0 Å². The van der Waals surface area contributed by atoms with Crippen LogP contribution < -0.4 is 10.6 Å². The molecule has 2 heterocycles. The van der Waals surface area contributed by atoms with Crippen molar-refractivity contribution in [2.75, 3.05) is 19.6 Å². The molecule has 0 saturated carbocycles. The summed E-state index contributed by atoms with van der Waals surface area (Å²) in [7, 11) is 0. The van der Waals surface area contributed by atoms with Crippen molar-refractivity contribution in [1.82, 2.24) is 10.6 Å². The molecule has 2 saturated heterocycles. The van der Waals surface area contributed by atoms with Gasteiger partial charge in [0, 0.05) is 19.1 Å². The summed E-state index contributed by atoms with van der Waals surface area (Å²) < 4.78 is 0. The van der Waals surface area contributed by atoms with E-state index in [1.807, 2.05) is 0 Å². The third-order valence-corrected chi connectivity index (χ3v) is 4.62. The Morgan fingerprint density at radius 1 is 1.36 bits per heavy atom. The Balaban J connectivity index is 2.15. The van der Waals surface area contributed by atoms with E-state index in [0.717, 1.165) is 17.9 Å². The van der Waals surface area contributed by atoms with Crippen molar-refractivity contribution >= 4 is 0 Å². The summed E-state index contributed by atoms with van der Waals surface area (Å²) in [6.07, 6.45) is 2.79. The molecule has 2 aliphatic heterocycles. The third kappa shape index (κ3) is 1.59. The minimum Gasteiger partial charge on any atom is -0.315 e. The van der Waals surface area contributed by atoms with Gasteiger partial charge in [-0.05, 0) is 36.6 Å². The fourth-order valence-corrected chi connectivity index (χ4v) is 3.22. The fourth-order valence-electron chi connectivity index (χ4n) is 3.22. The molecule has 0 amide bonds. The molecule has 2 rings (SSSR count). The monoisotopic (exact) mass is 196 g/mol. The Morgan fingerprint density at radius 3 is 2.86 bits per heavy atom. The van der Waals surface area contributed by atoms with Crippen LogP contribution in [-0.2, 0) is 0 Å². The zero-order valence-corrected chi connectivity index (χ0v) is 9.77. The highest BCUT2D eigenvalue weighted by molar-refractivity contribution is 4.99. The lowest BCUT2D eigenvalue weighted by Gasteiger charge is -2.51. The molecule has 0 aliphatic carbocycles. The van der Waals surface area contributed by atoms with Crippen molar-refractivity contribution in [1.29, 1.82) is 0 Å². The average molecular weight is 196 g/mol. The van der Waals surface area contributed by atoms with Crippen LogP contribution in [0.2, 0.25) is 0 Å². The van der Waals surface area contributed by atoms with Crippen LogP contribution >= 0.6 is 0 Å². The molecular weight excluding hydrogens is 172 g/mol. The molecule has 3 atom stereocenters. The predicted molar refractivity (Wildman–Crippen MR) is 60.3 cm³/mol. The molecule has 2 fully saturated rings. The summed E-state index contributed by atoms with van der Waals surface area (Å²) in [6, 6.07) is 0.727. The minimum atomic E-state index is 0.496. The molecule has 14 heavy (non-hydrogen) atoms. The van der Waals surface area contributed by atoms with Crippen LogP contribution in [0.5, 0.6) is 0 Å². The second kappa shape index (κ2) is 3.82. The van der Waals surface area contributed by atoms with Crippen LogP contribution in [0.4, 0.5) is 0 Å². The molecule has 2 nitrogen and oxygen atoms in total. The Labute approximate surface area is 87.8 Å². The number of nitrogens with one attached hydrogen (secondary N) is 2. The van der Waals surface area contributed by atoms with Crippen LogP contribution in [0.25, 0.3) is 0 Å². The van der Waals surface area contributed by atoms with Gasteiger partial charge in [-0.1, -0.05) is 20.8 Å². The molecule has 2 N–H and O–H groups in total. The zero-order chi connectivity index (χ0) is 10.2. The first-order chi connectivity index (χ1) is 6.64. The number of hydrogen-bond donors (Lipinski definition) is 2. The number of hydrogen-bond acceptors (Lipinski definition) is 2. The standard InChI is InChI=1S/C12H24N2/c1-9(2)12(3)8-13-7-11-10(12)5-4-6-14-11/h9-11,13-14H,4-8H2,1-3H3. The summed E-state index contributed by atoms with van der Waals surface area (Å²) in [5, 5.41) is 7.26. The van der Waals surface area contributed by atoms with Gasteiger partial charge in [-0.15, -0.1) is 0 Å². The highest BCUT2D eigenvalue weighted by Crippen LogP contribution is 2.42. The third-order valence-electron chi connectivity index (χ3n) is 4.62. The van der Waals surface area contributed by atoms with E-state index in [4.69, 9.17) is 0 Å². The van der Waals surface area contributed by atoms with E-state index in [9.17, 15) is 0 Å². The maximum atomic E-state index is 3.67. The molecule has 2 aliphatic rings. The molecule has 0 spiro atoms. The Hall–Kier alpha value is -0.0800. The largest absolute Gasteiger partial charge is 0.315 e. The van der Waals surface area contributed by atoms with Crippen molar-refractivity contribution in [2.45, 2.75) is 39.7 Å². The summed E-state index contributed by atoms with van der Waals surface area (Å²) in [6.45, 7) is 10.8. The first-order valence-electron chi connectivity index (χ1n) is 6.08. The molecule has 82 valence electrons. The van der Waals surface area contributed by atoms with Crippen molar-refractivity contribution < 1.29 is 0 Å². The van der Waals surface area contributed by atoms with Crippen LogP contribution in [0, 0.1) is 17.3 Å². The quantitative estimate of drug-likeness (QED) is 0.666. The van der Waals surface area contributed by atoms with Crippen LogP contribution in [-0.4, -0.2) is 25.7 Å². The van der Waals surface area contributed by atoms with Crippen molar-refractivity contribution in [3.05, 3.63) is 0 Å². The highest BCUT2D eigenvalue weighted by Gasteiger charge is 2.44. The van der Waals surface area contributed by atoms with Crippen molar-refractivity contribution in [3.8, 4) is 0 Å². The van der Waals surface area contributed by atoms with E-state index in [1.54, 1.807) is 0 Å². The number of fused-ring (bicyclic) bond motifs is 1. The molecule has 2 heteroatoms. The predicted octanol–water partition coefficient (Wildman–Crippen LogP) is 1.62. The summed E-state index contributed by atoms with van der Waals surface area (Å²) in [5.74, 6) is 1.67. The smallest absolute Gasteiger partial charge is 0.0226 e. The molecular formula is C12H24N2. The normalized spacial score (nSPS) is 43.7. The van der Waals surface area contributed by atoms with E-state index in [2.05, 4.69) is 31.4 Å². The van der Waals surface area contributed by atoms with Gasteiger partial charge < -0.3 is 10.6 Å². The number of rotatable bonds is 1. The van der Waals surface area contributed by atoms with Crippen LogP contribution in [0.1, 0.15) is 33.6 Å². The van der Waals surface area contributed by atoms with E-state index < -0.39 is 0 Å². The van der Waals surface area contributed by atoms with Crippen molar-refractivity contribution in [2.24, 2.45) is 17.3 Å². The van der Waals surface area contributed by atoms with Gasteiger partial charge in [-0.2, -0.15) is 0 Å². The first kappa shape index (κ1) is 10.4. The average Bonchev–Trinajstić information content (AvgIpc) is 2.18. The maximum absolute atomic E-state index is 3.67. The summed E-state index contributed by atoms with van der Waals surface area (Å²) >= 11 is 0. The van der Waals surface area contributed by atoms with Gasteiger partial charge in [0.1, 0.15) is 0 Å². The van der Waals surface area contributed by atoms with Gasteiger partial charge >= 0.3 is 0 Å². The number of piperidine rings is 2. The lowest BCUT2D eigenvalue weighted by Crippen LogP contribution is -2.61. The zero-order valence-electron chi connectivity index (χ0n) is 9.77. The first-order valence-corrected chi connectivity index (χ1v) is 6.08. The molecule has 0 aromatic rings. The topological polar surface area (TPSA) is 24.1 Å². The highest BCUT2D eigenvalue weighted by atomic mass is 15.0. The molecule has 0 radical (unpaired) electrons. The van der Waals surface area contributed by atoms with Crippen molar-refractivity contribution in [3.63, 3.8) is 0 Å². The van der Waals surface area contributed by atoms with Gasteiger partial charge in [-0.25, -0.2) is 0 Å². The Morgan fingerprint density at radius 2 is 2.14 bits per heavy atom. The van der Waals surface area contributed by atoms with Gasteiger partial charge in [0.2, 0.25) is 0 Å². The second-order valence-corrected chi connectivity index (χ2v) is 5.60. The fraction of sp³-hybridized carbons (Fsp3) is 1.00. The Bertz CT molecular complexity index is 200. The molecule has 0 aromatic heterocycles. The SMILES string of the molecule is CC(C)C1(C)CNCC2NCCCC21. The molecule has 0 aromatic carbocycles. The van der Waals surface area contributed by atoms with E-state index >= 15 is 0 Å². The lowest BCUT2D eigenvalue weighted by atomic mass is 9.62. The van der Waals surface area contributed by atoms with E-state index in [-0.39, 0.29) is 0 Å². The van der Waals surface area contributed by atoms with E-state index in [0.29, 0.717) is 5.41 Å². The van der Waals surface area contributed by atoms with E-state index in [1.165, 1.54) is 32.5 Å². The van der Waals surface area contributed by atoms with Crippen LogP contribution in [0.15, 0.2) is 0 Å². The second-order valence-electron chi connectivity index (χ2n) is 5.60. The maximum Gasteiger partial charge on any atom is 0.0226 e. The van der Waals surface area contributed by atoms with Gasteiger partial charge in [0.15, 0.2) is 0 Å². The molecule has 3 unspecified atom stereocenters.